The Labute approximate surface area is 215 Å². The second-order valence-electron chi connectivity index (χ2n) is 8.22. The summed E-state index contributed by atoms with van der Waals surface area (Å²) in [7, 11) is -2.41. The zero-order valence-electron chi connectivity index (χ0n) is 19.9. The third-order valence-electron chi connectivity index (χ3n) is 5.56. The topological polar surface area (TPSA) is 86.8 Å². The molecule has 3 rings (SSSR count). The lowest BCUT2D eigenvalue weighted by Gasteiger charge is -2.33. The normalized spacial score (nSPS) is 12.0. The number of hydrogen-bond donors (Lipinski definition) is 1. The second-order valence-corrected chi connectivity index (χ2v) is 10.6. The molecule has 0 aliphatic carbocycles. The number of rotatable bonds is 10. The summed E-state index contributed by atoms with van der Waals surface area (Å²) in [5.41, 5.74) is 1.62. The molecule has 1 atom stereocenters. The van der Waals surface area contributed by atoms with E-state index in [9.17, 15) is 22.4 Å². The number of carbonyl (C=O) groups excluding carboxylic acids is 2. The maximum Gasteiger partial charge on any atom is 0.244 e. The number of anilines is 1. The molecule has 0 radical (unpaired) electrons. The minimum atomic E-state index is -3.88. The fourth-order valence-corrected chi connectivity index (χ4v) is 4.78. The average Bonchev–Trinajstić information content (AvgIpc) is 2.85. The Morgan fingerprint density at radius 2 is 1.64 bits per heavy atom. The van der Waals surface area contributed by atoms with Crippen LogP contribution in [-0.4, -0.2) is 51.0 Å². The Hall–Kier alpha value is -3.43. The number of halogens is 2. The van der Waals surface area contributed by atoms with Crippen LogP contribution in [0.4, 0.5) is 10.1 Å². The molecular weight excluding hydrogens is 505 g/mol. The number of sulfonamides is 1. The van der Waals surface area contributed by atoms with Gasteiger partial charge in [-0.15, -0.1) is 0 Å². The second kappa shape index (κ2) is 12.0. The molecule has 3 aromatic rings. The van der Waals surface area contributed by atoms with E-state index in [4.69, 9.17) is 11.6 Å². The molecule has 7 nitrogen and oxygen atoms in total. The summed E-state index contributed by atoms with van der Waals surface area (Å²) in [6.07, 6.45) is 1.19. The van der Waals surface area contributed by atoms with Gasteiger partial charge in [-0.05, 0) is 41.5 Å². The molecule has 190 valence electrons. The highest BCUT2D eigenvalue weighted by Gasteiger charge is 2.32. The lowest BCUT2D eigenvalue weighted by molar-refractivity contribution is -0.139. The van der Waals surface area contributed by atoms with E-state index in [1.54, 1.807) is 12.1 Å². The summed E-state index contributed by atoms with van der Waals surface area (Å²) in [6, 6.07) is 19.9. The molecule has 0 fully saturated rings. The van der Waals surface area contributed by atoms with Crippen molar-refractivity contribution in [1.82, 2.24) is 10.2 Å². The van der Waals surface area contributed by atoms with Gasteiger partial charge in [0.05, 0.1) is 11.9 Å². The van der Waals surface area contributed by atoms with Crippen molar-refractivity contribution in [2.45, 2.75) is 19.0 Å². The molecule has 0 heterocycles. The smallest absolute Gasteiger partial charge is 0.244 e. The van der Waals surface area contributed by atoms with Crippen LogP contribution in [0.25, 0.3) is 0 Å². The van der Waals surface area contributed by atoms with E-state index in [0.29, 0.717) is 10.6 Å². The minimum Gasteiger partial charge on any atom is -0.357 e. The quantitative estimate of drug-likeness (QED) is 0.433. The average molecular weight is 532 g/mol. The maximum atomic E-state index is 13.7. The molecule has 10 heteroatoms. The molecular formula is C26H27ClFN3O4S. The van der Waals surface area contributed by atoms with Crippen LogP contribution in [0.3, 0.4) is 0 Å². The van der Waals surface area contributed by atoms with Gasteiger partial charge >= 0.3 is 0 Å². The molecule has 0 aliphatic heterocycles. The molecule has 0 bridgehead atoms. The van der Waals surface area contributed by atoms with Crippen LogP contribution in [0.15, 0.2) is 78.9 Å². The number of hydrogen-bond acceptors (Lipinski definition) is 4. The van der Waals surface area contributed by atoms with Crippen LogP contribution >= 0.6 is 11.6 Å². The summed E-state index contributed by atoms with van der Waals surface area (Å²) >= 11 is 6.06. The lowest BCUT2D eigenvalue weighted by atomic mass is 10.0. The van der Waals surface area contributed by atoms with Crippen molar-refractivity contribution in [1.29, 1.82) is 0 Å². The maximum absolute atomic E-state index is 13.7. The van der Waals surface area contributed by atoms with Crippen molar-refractivity contribution < 1.29 is 22.4 Å². The van der Waals surface area contributed by atoms with Crippen molar-refractivity contribution in [3.05, 3.63) is 101 Å². The predicted molar refractivity (Wildman–Crippen MR) is 139 cm³/mol. The summed E-state index contributed by atoms with van der Waals surface area (Å²) in [5, 5.41) is 2.91. The van der Waals surface area contributed by atoms with Crippen molar-refractivity contribution in [3.8, 4) is 0 Å². The zero-order valence-corrected chi connectivity index (χ0v) is 21.5. The van der Waals surface area contributed by atoms with Crippen molar-refractivity contribution in [3.63, 3.8) is 0 Å². The highest BCUT2D eigenvalue weighted by Crippen LogP contribution is 2.23. The number of nitrogens with one attached hydrogen (secondary N) is 1. The summed E-state index contributed by atoms with van der Waals surface area (Å²) in [4.78, 5) is 28.0. The Morgan fingerprint density at radius 1 is 0.972 bits per heavy atom. The van der Waals surface area contributed by atoms with Crippen LogP contribution in [-0.2, 0) is 32.6 Å². The predicted octanol–water partition coefficient (Wildman–Crippen LogP) is 3.63. The third-order valence-corrected chi connectivity index (χ3v) is 6.93. The number of likely N-dealkylation sites (N-methyl/N-ethyl adjacent to an activating group) is 1. The van der Waals surface area contributed by atoms with Gasteiger partial charge in [-0.1, -0.05) is 60.1 Å². The van der Waals surface area contributed by atoms with Gasteiger partial charge in [0.1, 0.15) is 18.4 Å². The van der Waals surface area contributed by atoms with E-state index in [-0.39, 0.29) is 18.7 Å². The monoisotopic (exact) mass is 531 g/mol. The largest absolute Gasteiger partial charge is 0.357 e. The van der Waals surface area contributed by atoms with Gasteiger partial charge in [0.15, 0.2) is 0 Å². The van der Waals surface area contributed by atoms with E-state index >= 15 is 0 Å². The molecule has 0 spiro atoms. The molecule has 36 heavy (non-hydrogen) atoms. The summed E-state index contributed by atoms with van der Waals surface area (Å²) in [6.45, 7) is -0.583. The van der Waals surface area contributed by atoms with Crippen LogP contribution in [0, 0.1) is 5.82 Å². The molecule has 3 aromatic carbocycles. The molecule has 1 N–H and O–H groups in total. The van der Waals surface area contributed by atoms with E-state index in [1.165, 1.54) is 48.3 Å². The van der Waals surface area contributed by atoms with Gasteiger partial charge in [0, 0.05) is 25.0 Å². The first-order valence-corrected chi connectivity index (χ1v) is 13.3. The first kappa shape index (κ1) is 27.2. The van der Waals surface area contributed by atoms with Crippen LogP contribution in [0.1, 0.15) is 11.1 Å². The molecule has 2 amide bonds. The van der Waals surface area contributed by atoms with Gasteiger partial charge in [0.25, 0.3) is 0 Å². The summed E-state index contributed by atoms with van der Waals surface area (Å²) < 4.78 is 39.7. The number of benzene rings is 3. The van der Waals surface area contributed by atoms with Gasteiger partial charge in [-0.3, -0.25) is 13.9 Å². The zero-order chi connectivity index (χ0) is 26.3. The van der Waals surface area contributed by atoms with E-state index in [0.717, 1.165) is 16.1 Å². The van der Waals surface area contributed by atoms with Gasteiger partial charge in [0.2, 0.25) is 21.8 Å². The van der Waals surface area contributed by atoms with E-state index in [2.05, 4.69) is 5.32 Å². The van der Waals surface area contributed by atoms with Crippen LogP contribution in [0.5, 0.6) is 0 Å². The number of amides is 2. The standard InChI is InChI=1S/C26H27ClFN3O4S/c1-29-26(33)24(15-19-7-4-3-5-8-19)30(17-20-11-13-22(28)14-12-20)25(32)18-31(36(2,34)35)23-10-6-9-21(27)16-23/h3-14,16,24H,15,17-18H2,1-2H3,(H,29,33)/t24-/m0/s1. The highest BCUT2D eigenvalue weighted by molar-refractivity contribution is 7.92. The SMILES string of the molecule is CNC(=O)[C@H](Cc1ccccc1)N(Cc1ccc(F)cc1)C(=O)CN(c1cccc(Cl)c1)S(C)(=O)=O. The van der Waals surface area contributed by atoms with Crippen molar-refractivity contribution in [2.24, 2.45) is 0 Å². The minimum absolute atomic E-state index is 0.0306. The fourth-order valence-electron chi connectivity index (χ4n) is 3.75. The Bertz CT molecular complexity index is 1300. The van der Waals surface area contributed by atoms with E-state index < -0.39 is 40.2 Å². The van der Waals surface area contributed by atoms with Gasteiger partial charge in [-0.25, -0.2) is 12.8 Å². The molecule has 0 saturated heterocycles. The molecule has 0 saturated carbocycles. The summed E-state index contributed by atoms with van der Waals surface area (Å²) in [5.74, 6) is -1.45. The number of nitrogens with zero attached hydrogens (tertiary/aromatic N) is 2. The van der Waals surface area contributed by atoms with Crippen LogP contribution in [0.2, 0.25) is 5.02 Å². The Kier molecular flexibility index (Phi) is 9.06. The Morgan fingerprint density at radius 3 is 2.22 bits per heavy atom. The number of carbonyl (C=O) groups is 2. The fraction of sp³-hybridized carbons (Fsp3) is 0.231. The molecule has 0 unspecified atom stereocenters. The van der Waals surface area contributed by atoms with E-state index in [1.807, 2.05) is 30.3 Å². The van der Waals surface area contributed by atoms with Gasteiger partial charge in [-0.2, -0.15) is 0 Å². The third kappa shape index (κ3) is 7.29. The first-order valence-electron chi connectivity index (χ1n) is 11.1. The first-order chi connectivity index (χ1) is 17.1. The van der Waals surface area contributed by atoms with Crippen molar-refractivity contribution in [2.75, 3.05) is 24.2 Å². The van der Waals surface area contributed by atoms with Crippen LogP contribution < -0.4 is 9.62 Å². The Balaban J connectivity index is 2.01. The van der Waals surface area contributed by atoms with Crippen molar-refractivity contribution >= 4 is 39.1 Å². The molecule has 0 aliphatic rings. The van der Waals surface area contributed by atoms with Gasteiger partial charge < -0.3 is 10.2 Å². The molecule has 0 aromatic heterocycles. The highest BCUT2D eigenvalue weighted by atomic mass is 35.5. The lowest BCUT2D eigenvalue weighted by Crippen LogP contribution is -2.52.